The van der Waals surface area contributed by atoms with Crippen LogP contribution in [0.2, 0.25) is 0 Å². The van der Waals surface area contributed by atoms with Gasteiger partial charge >= 0.3 is 5.97 Å². The summed E-state index contributed by atoms with van der Waals surface area (Å²) in [6, 6.07) is -0.648. The maximum atomic E-state index is 11.6. The van der Waals surface area contributed by atoms with E-state index in [-0.39, 0.29) is 5.91 Å². The molecule has 2 N–H and O–H groups in total. The average molecular weight is 272 g/mol. The summed E-state index contributed by atoms with van der Waals surface area (Å²) >= 11 is 0. The average Bonchev–Trinajstić information content (AvgIpc) is 2.48. The normalized spacial score (nSPS) is 26.3. The molecule has 0 radical (unpaired) electrons. The molecule has 0 aromatic heterocycles. The van der Waals surface area contributed by atoms with Crippen LogP contribution in [0.25, 0.3) is 0 Å². The molecular formula is C13H24N2O4. The minimum atomic E-state index is -0.648. The molecule has 1 saturated heterocycles. The van der Waals surface area contributed by atoms with Crippen molar-refractivity contribution in [3.8, 4) is 0 Å². The molecule has 1 rings (SSSR count). The van der Waals surface area contributed by atoms with E-state index in [9.17, 15) is 14.7 Å². The fraction of sp³-hybridized carbons (Fsp3) is 0.846. The number of rotatable bonds is 4. The van der Waals surface area contributed by atoms with Crippen molar-refractivity contribution in [3.63, 3.8) is 0 Å². The van der Waals surface area contributed by atoms with Crippen LogP contribution >= 0.6 is 0 Å². The highest BCUT2D eigenvalue weighted by Gasteiger charge is 2.28. The highest BCUT2D eigenvalue weighted by Crippen LogP contribution is 2.21. The maximum Gasteiger partial charge on any atom is 0.329 e. The quantitative estimate of drug-likeness (QED) is 0.699. The molecule has 0 aromatic carbocycles. The van der Waals surface area contributed by atoms with Gasteiger partial charge in [0.1, 0.15) is 6.04 Å². The molecule has 0 bridgehead atoms. The third kappa shape index (κ3) is 5.57. The molecule has 110 valence electrons. The van der Waals surface area contributed by atoms with Crippen LogP contribution in [0.5, 0.6) is 0 Å². The van der Waals surface area contributed by atoms with E-state index in [2.05, 4.69) is 10.2 Å². The lowest BCUT2D eigenvalue weighted by Crippen LogP contribution is -2.48. The number of amides is 1. The summed E-state index contributed by atoms with van der Waals surface area (Å²) < 4.78 is 4.70. The van der Waals surface area contributed by atoms with Gasteiger partial charge < -0.3 is 20.1 Å². The van der Waals surface area contributed by atoms with E-state index < -0.39 is 17.6 Å². The van der Waals surface area contributed by atoms with Crippen LogP contribution in [0.4, 0.5) is 0 Å². The van der Waals surface area contributed by atoms with Crippen molar-refractivity contribution in [2.45, 2.75) is 44.8 Å². The minimum absolute atomic E-state index is 0.253. The maximum absolute atomic E-state index is 11.6. The molecule has 6 nitrogen and oxygen atoms in total. The number of aliphatic hydroxyl groups is 1. The van der Waals surface area contributed by atoms with E-state index in [4.69, 9.17) is 4.74 Å². The van der Waals surface area contributed by atoms with E-state index in [0.717, 1.165) is 19.4 Å². The van der Waals surface area contributed by atoms with Crippen LogP contribution in [-0.4, -0.2) is 60.3 Å². The number of hydrogen-bond donors (Lipinski definition) is 2. The highest BCUT2D eigenvalue weighted by molar-refractivity contribution is 5.83. The summed E-state index contributed by atoms with van der Waals surface area (Å²) in [6.45, 7) is 5.15. The zero-order chi connectivity index (χ0) is 14.5. The van der Waals surface area contributed by atoms with Crippen molar-refractivity contribution >= 4 is 11.9 Å². The zero-order valence-electron chi connectivity index (χ0n) is 11.9. The topological polar surface area (TPSA) is 78.9 Å². The highest BCUT2D eigenvalue weighted by atomic mass is 16.5. The van der Waals surface area contributed by atoms with Crippen LogP contribution in [0.1, 0.15) is 33.1 Å². The lowest BCUT2D eigenvalue weighted by Gasteiger charge is -2.25. The Kier molecular flexibility index (Phi) is 5.75. The molecule has 19 heavy (non-hydrogen) atoms. The molecule has 1 aliphatic heterocycles. The number of nitrogens with one attached hydrogen (secondary N) is 1. The second-order valence-electron chi connectivity index (χ2n) is 5.43. The van der Waals surface area contributed by atoms with Gasteiger partial charge in [-0.2, -0.15) is 0 Å². The fourth-order valence-corrected chi connectivity index (χ4v) is 2.33. The SMILES string of the molecule is COC(=O)C(CN1CCCC(C)(O)CC1)NC(C)=O. The van der Waals surface area contributed by atoms with Crippen LogP contribution in [0.15, 0.2) is 0 Å². The summed E-state index contributed by atoms with van der Waals surface area (Å²) in [4.78, 5) is 24.8. The molecular weight excluding hydrogens is 248 g/mol. The van der Waals surface area contributed by atoms with Crippen molar-refractivity contribution in [2.75, 3.05) is 26.7 Å². The molecule has 0 spiro atoms. The smallest absolute Gasteiger partial charge is 0.329 e. The molecule has 0 aromatic rings. The van der Waals surface area contributed by atoms with Gasteiger partial charge in [0.15, 0.2) is 0 Å². The molecule has 1 heterocycles. The number of methoxy groups -OCH3 is 1. The largest absolute Gasteiger partial charge is 0.467 e. The number of hydrogen-bond acceptors (Lipinski definition) is 5. The van der Waals surface area contributed by atoms with Crippen LogP contribution in [0.3, 0.4) is 0 Å². The number of nitrogens with zero attached hydrogens (tertiary/aromatic N) is 1. The lowest BCUT2D eigenvalue weighted by atomic mass is 9.98. The predicted molar refractivity (Wildman–Crippen MR) is 70.5 cm³/mol. The van der Waals surface area contributed by atoms with Crippen LogP contribution in [0, 0.1) is 0 Å². The van der Waals surface area contributed by atoms with Gasteiger partial charge in [0.25, 0.3) is 0 Å². The minimum Gasteiger partial charge on any atom is -0.467 e. The standard InChI is InChI=1S/C13H24N2O4/c1-10(16)14-11(12(17)19-3)9-15-7-4-5-13(2,18)6-8-15/h11,18H,4-9H2,1-3H3,(H,14,16). The zero-order valence-corrected chi connectivity index (χ0v) is 11.9. The third-order valence-corrected chi connectivity index (χ3v) is 3.46. The molecule has 1 fully saturated rings. The Balaban J connectivity index is 2.58. The molecule has 2 atom stereocenters. The van der Waals surface area contributed by atoms with Gasteiger partial charge in [-0.1, -0.05) is 0 Å². The van der Waals surface area contributed by atoms with Gasteiger partial charge in [0.05, 0.1) is 12.7 Å². The summed E-state index contributed by atoms with van der Waals surface area (Å²) in [7, 11) is 1.31. The van der Waals surface area contributed by atoms with E-state index in [1.165, 1.54) is 14.0 Å². The molecule has 1 aliphatic rings. The number of carbonyl (C=O) groups is 2. The Morgan fingerprint density at radius 2 is 2.11 bits per heavy atom. The van der Waals surface area contributed by atoms with Gasteiger partial charge in [-0.3, -0.25) is 4.79 Å². The number of esters is 1. The summed E-state index contributed by atoms with van der Waals surface area (Å²) in [5.74, 6) is -0.691. The Bertz CT molecular complexity index is 331. The van der Waals surface area contributed by atoms with Crippen LogP contribution < -0.4 is 5.32 Å². The third-order valence-electron chi connectivity index (χ3n) is 3.46. The molecule has 6 heteroatoms. The van der Waals surface area contributed by atoms with Gasteiger partial charge in [0, 0.05) is 20.0 Å². The Morgan fingerprint density at radius 3 is 2.68 bits per heavy atom. The Labute approximate surface area is 114 Å². The lowest BCUT2D eigenvalue weighted by molar-refractivity contribution is -0.145. The van der Waals surface area contributed by atoms with Crippen molar-refractivity contribution < 1.29 is 19.4 Å². The molecule has 2 unspecified atom stereocenters. The Morgan fingerprint density at radius 1 is 1.42 bits per heavy atom. The summed E-state index contributed by atoms with van der Waals surface area (Å²) in [5.41, 5.74) is -0.635. The van der Waals surface area contributed by atoms with Crippen molar-refractivity contribution in [2.24, 2.45) is 0 Å². The summed E-state index contributed by atoms with van der Waals surface area (Å²) in [6.07, 6.45) is 2.30. The van der Waals surface area contributed by atoms with Crippen LogP contribution in [-0.2, 0) is 14.3 Å². The number of ether oxygens (including phenoxy) is 1. The first-order valence-electron chi connectivity index (χ1n) is 6.64. The Hall–Kier alpha value is -1.14. The second kappa shape index (κ2) is 6.86. The monoisotopic (exact) mass is 272 g/mol. The van der Waals surface area contributed by atoms with Gasteiger partial charge in [-0.25, -0.2) is 4.79 Å². The van der Waals surface area contributed by atoms with Gasteiger partial charge in [-0.05, 0) is 32.7 Å². The second-order valence-corrected chi connectivity index (χ2v) is 5.43. The van der Waals surface area contributed by atoms with Gasteiger partial charge in [-0.15, -0.1) is 0 Å². The number of likely N-dealkylation sites (tertiary alicyclic amines) is 1. The summed E-state index contributed by atoms with van der Waals surface area (Å²) in [5, 5.41) is 12.6. The molecule has 0 saturated carbocycles. The van der Waals surface area contributed by atoms with Gasteiger partial charge in [0.2, 0.25) is 5.91 Å². The fourth-order valence-electron chi connectivity index (χ4n) is 2.33. The first-order valence-corrected chi connectivity index (χ1v) is 6.64. The van der Waals surface area contributed by atoms with E-state index in [0.29, 0.717) is 19.5 Å². The van der Waals surface area contributed by atoms with Crippen molar-refractivity contribution in [3.05, 3.63) is 0 Å². The molecule has 1 amide bonds. The van der Waals surface area contributed by atoms with E-state index in [1.807, 2.05) is 6.92 Å². The molecule has 0 aliphatic carbocycles. The van der Waals surface area contributed by atoms with E-state index >= 15 is 0 Å². The van der Waals surface area contributed by atoms with Crippen molar-refractivity contribution in [1.82, 2.24) is 10.2 Å². The number of carbonyl (C=O) groups excluding carboxylic acids is 2. The first kappa shape index (κ1) is 15.9. The predicted octanol–water partition coefficient (Wildman–Crippen LogP) is -0.0990. The van der Waals surface area contributed by atoms with Crippen molar-refractivity contribution in [1.29, 1.82) is 0 Å². The van der Waals surface area contributed by atoms with E-state index in [1.54, 1.807) is 0 Å². The first-order chi connectivity index (χ1) is 8.84.